The van der Waals surface area contributed by atoms with E-state index in [0.29, 0.717) is 24.2 Å². The van der Waals surface area contributed by atoms with E-state index in [0.717, 1.165) is 11.1 Å². The normalized spacial score (nSPS) is 32.6. The van der Waals surface area contributed by atoms with Crippen molar-refractivity contribution in [2.75, 3.05) is 34.0 Å². The van der Waals surface area contributed by atoms with Crippen LogP contribution in [0.3, 0.4) is 0 Å². The van der Waals surface area contributed by atoms with Gasteiger partial charge in [-0.05, 0) is 19.9 Å². The third-order valence-electron chi connectivity index (χ3n) is 12.0. The topological polar surface area (TPSA) is 188 Å². The number of aromatic hydroxyl groups is 2. The number of aliphatic hydroxyl groups excluding tert-OH is 1. The summed E-state index contributed by atoms with van der Waals surface area (Å²) in [5.41, 5.74) is -1.24. The molecule has 0 radical (unpaired) electrons. The first-order valence-corrected chi connectivity index (χ1v) is 18.1. The second-order valence-electron chi connectivity index (χ2n) is 15.0. The van der Waals surface area contributed by atoms with E-state index in [-0.39, 0.29) is 46.6 Å². The SMILES string of the molecule is COc1cccc2c1C(=O)c1c(O)c3c(c(O)c1C2=O)C[C@@](O)(C(=O)CO)C[C@@H]3O[C@H]1C[C@H]2[C@H](O[C@@H]3[C@@H](OC)OCC[N+]32Cc2ccc(C)cc2)[C@H](C)O1. The molecule has 0 saturated carbocycles. The fourth-order valence-electron chi connectivity index (χ4n) is 9.38. The predicted molar refractivity (Wildman–Crippen MR) is 187 cm³/mol. The molecule has 3 fully saturated rings. The third kappa shape index (κ3) is 5.50. The number of nitrogens with zero attached hydrogens (tertiary/aromatic N) is 1. The molecule has 0 aromatic heterocycles. The number of aliphatic hydroxyl groups is 2. The quantitative estimate of drug-likeness (QED) is 0.153. The Morgan fingerprint density at radius 3 is 2.44 bits per heavy atom. The monoisotopic (exact) mass is 746 g/mol. The Morgan fingerprint density at radius 2 is 1.74 bits per heavy atom. The van der Waals surface area contributed by atoms with Gasteiger partial charge in [0.2, 0.25) is 18.3 Å². The minimum atomic E-state index is -2.26. The van der Waals surface area contributed by atoms with Crippen molar-refractivity contribution in [3.8, 4) is 17.2 Å². The Morgan fingerprint density at radius 1 is 1.00 bits per heavy atom. The molecule has 8 rings (SSSR count). The van der Waals surface area contributed by atoms with Crippen molar-refractivity contribution in [2.24, 2.45) is 0 Å². The molecule has 3 aromatic carbocycles. The molecule has 9 atom stereocenters. The highest BCUT2D eigenvalue weighted by atomic mass is 16.7. The second kappa shape index (κ2) is 13.5. The molecule has 14 nitrogen and oxygen atoms in total. The van der Waals surface area contributed by atoms with E-state index in [1.54, 1.807) is 7.11 Å². The molecular formula is C40H44NO13+. The van der Waals surface area contributed by atoms with Gasteiger partial charge < -0.3 is 48.8 Å². The number of ketones is 3. The van der Waals surface area contributed by atoms with Crippen LogP contribution in [-0.4, -0.2) is 119 Å². The van der Waals surface area contributed by atoms with Gasteiger partial charge in [0, 0.05) is 42.2 Å². The van der Waals surface area contributed by atoms with Gasteiger partial charge in [-0.25, -0.2) is 0 Å². The Balaban J connectivity index is 1.20. The number of carbonyl (C=O) groups excluding carboxylic acids is 3. The predicted octanol–water partition coefficient (Wildman–Crippen LogP) is 2.73. The van der Waals surface area contributed by atoms with Gasteiger partial charge >= 0.3 is 0 Å². The van der Waals surface area contributed by atoms with E-state index in [1.807, 2.05) is 13.8 Å². The third-order valence-corrected chi connectivity index (χ3v) is 12.0. The molecule has 0 bridgehead atoms. The highest BCUT2D eigenvalue weighted by Gasteiger charge is 2.65. The average Bonchev–Trinajstić information content (AvgIpc) is 3.49. The molecule has 2 aliphatic carbocycles. The standard InChI is InChI=1S/C40H43NO13/c1-19-8-10-21(11-9-19)17-41-12-13-51-39(50-4)38(41)54-37-20(2)52-28(14-24(37)41)53-26-16-40(48,27(43)18-42)15-23-30(26)36(47)32-31(34(23)45)33(44)22-6-5-7-25(49-3)29(22)35(32)46/h5-11,20,24,26,28,37-39,42,48H,12-18H2,1-4H3,(H-,44,45,46,47)/p+1/t20-,24-,26-,28-,37+,38+,39-,40-,41?/m0/s1. The number of benzene rings is 3. The van der Waals surface area contributed by atoms with Crippen LogP contribution in [-0.2, 0) is 41.4 Å². The minimum absolute atomic E-state index is 0.0374. The summed E-state index contributed by atoms with van der Waals surface area (Å²) < 4.78 is 37.4. The highest BCUT2D eigenvalue weighted by Crippen LogP contribution is 2.53. The Bertz CT molecular complexity index is 2030. The molecule has 14 heteroatoms. The van der Waals surface area contributed by atoms with Gasteiger partial charge in [0.25, 0.3) is 0 Å². The van der Waals surface area contributed by atoms with E-state index in [2.05, 4.69) is 24.3 Å². The lowest BCUT2D eigenvalue weighted by molar-refractivity contribution is -0.997. The first kappa shape index (κ1) is 36.7. The van der Waals surface area contributed by atoms with Crippen molar-refractivity contribution in [3.05, 3.63) is 87.0 Å². The number of ether oxygens (including phenoxy) is 6. The number of carbonyl (C=O) groups is 3. The molecule has 0 spiro atoms. The number of phenols is 2. The van der Waals surface area contributed by atoms with Crippen LogP contribution in [0.4, 0.5) is 0 Å². The van der Waals surface area contributed by atoms with E-state index in [9.17, 15) is 34.8 Å². The molecule has 54 heavy (non-hydrogen) atoms. The van der Waals surface area contributed by atoms with Crippen molar-refractivity contribution in [2.45, 2.75) is 88.4 Å². The van der Waals surface area contributed by atoms with E-state index in [4.69, 9.17) is 28.4 Å². The van der Waals surface area contributed by atoms with Gasteiger partial charge in [0.15, 0.2) is 17.9 Å². The van der Waals surface area contributed by atoms with Gasteiger partial charge in [-0.1, -0.05) is 42.0 Å². The molecule has 1 unspecified atom stereocenters. The largest absolute Gasteiger partial charge is 0.507 e. The number of morpholine rings is 1. The van der Waals surface area contributed by atoms with Crippen LogP contribution < -0.4 is 4.74 Å². The van der Waals surface area contributed by atoms with Crippen molar-refractivity contribution in [1.29, 1.82) is 0 Å². The van der Waals surface area contributed by atoms with Gasteiger partial charge in [0.05, 0.1) is 49.0 Å². The second-order valence-corrected chi connectivity index (χ2v) is 15.0. The molecule has 3 heterocycles. The van der Waals surface area contributed by atoms with Crippen molar-refractivity contribution < 1.29 is 67.7 Å². The molecule has 0 amide bonds. The summed E-state index contributed by atoms with van der Waals surface area (Å²) in [4.78, 5) is 41.1. The molecule has 5 aliphatic rings. The summed E-state index contributed by atoms with van der Waals surface area (Å²) in [6.45, 7) is 4.51. The number of methoxy groups -OCH3 is 2. The van der Waals surface area contributed by atoms with Crippen molar-refractivity contribution in [3.63, 3.8) is 0 Å². The number of rotatable bonds is 8. The van der Waals surface area contributed by atoms with Crippen molar-refractivity contribution >= 4 is 17.3 Å². The maximum absolute atomic E-state index is 14.1. The molecule has 3 aliphatic heterocycles. The summed E-state index contributed by atoms with van der Waals surface area (Å²) in [6, 6.07) is 12.6. The Hall–Kier alpha value is -4.25. The zero-order valence-corrected chi connectivity index (χ0v) is 30.4. The van der Waals surface area contributed by atoms with E-state index in [1.165, 1.54) is 25.3 Å². The summed E-state index contributed by atoms with van der Waals surface area (Å²) >= 11 is 0. The molecule has 4 N–H and O–H groups in total. The average molecular weight is 747 g/mol. The number of aryl methyl sites for hydroxylation is 1. The number of quaternary nitrogens is 1. The van der Waals surface area contributed by atoms with Crippen LogP contribution in [0, 0.1) is 6.92 Å². The lowest BCUT2D eigenvalue weighted by atomic mass is 9.72. The van der Waals surface area contributed by atoms with Crippen LogP contribution in [0.5, 0.6) is 17.2 Å². The van der Waals surface area contributed by atoms with Crippen molar-refractivity contribution in [1.82, 2.24) is 0 Å². The maximum atomic E-state index is 14.1. The molecular weight excluding hydrogens is 702 g/mol. The van der Waals surface area contributed by atoms with Gasteiger partial charge in [-0.2, -0.15) is 0 Å². The van der Waals surface area contributed by atoms with Gasteiger partial charge in [0.1, 0.15) is 54.7 Å². The minimum Gasteiger partial charge on any atom is -0.507 e. The Kier molecular flexibility index (Phi) is 9.18. The highest BCUT2D eigenvalue weighted by molar-refractivity contribution is 6.31. The number of hydrogen-bond acceptors (Lipinski definition) is 13. The number of phenolic OH excluding ortho intramolecular Hbond substituents is 2. The fourth-order valence-corrected chi connectivity index (χ4v) is 9.38. The lowest BCUT2D eigenvalue weighted by Crippen LogP contribution is -2.67. The van der Waals surface area contributed by atoms with Crippen LogP contribution in [0.1, 0.15) is 80.0 Å². The van der Waals surface area contributed by atoms with Crippen LogP contribution in [0.25, 0.3) is 0 Å². The maximum Gasteiger partial charge on any atom is 0.246 e. The smallest absolute Gasteiger partial charge is 0.246 e. The lowest BCUT2D eigenvalue weighted by Gasteiger charge is -2.49. The summed E-state index contributed by atoms with van der Waals surface area (Å²) in [5, 5.41) is 45.4. The molecule has 3 saturated heterocycles. The zero-order valence-electron chi connectivity index (χ0n) is 30.4. The van der Waals surface area contributed by atoms with Gasteiger partial charge in [-0.15, -0.1) is 0 Å². The Labute approximate surface area is 311 Å². The van der Waals surface area contributed by atoms with Crippen LogP contribution in [0.15, 0.2) is 42.5 Å². The zero-order chi connectivity index (χ0) is 38.3. The molecule has 3 aromatic rings. The van der Waals surface area contributed by atoms with Crippen LogP contribution >= 0.6 is 0 Å². The fraction of sp³-hybridized carbons (Fsp3) is 0.475. The first-order valence-electron chi connectivity index (χ1n) is 18.1. The van der Waals surface area contributed by atoms with Gasteiger partial charge in [-0.3, -0.25) is 18.9 Å². The summed E-state index contributed by atoms with van der Waals surface area (Å²) in [6.07, 6.45) is -5.05. The number of Topliss-reactive ketones (excluding diaryl/α,β-unsaturated/α-hetero) is 1. The first-order chi connectivity index (χ1) is 25.8. The van der Waals surface area contributed by atoms with E-state index >= 15 is 0 Å². The van der Waals surface area contributed by atoms with Crippen LogP contribution in [0.2, 0.25) is 0 Å². The molecule has 286 valence electrons. The summed E-state index contributed by atoms with van der Waals surface area (Å²) in [7, 11) is 2.93. The number of fused-ring (bicyclic) bond motifs is 6. The number of hydrogen-bond donors (Lipinski definition) is 4. The summed E-state index contributed by atoms with van der Waals surface area (Å²) in [5.74, 6) is -3.62. The van der Waals surface area contributed by atoms with E-state index < -0.39 is 96.0 Å².